The van der Waals surface area contributed by atoms with Crippen molar-refractivity contribution in [1.29, 1.82) is 0 Å². The number of esters is 1. The Morgan fingerprint density at radius 3 is 2.50 bits per heavy atom. The zero-order valence-corrected chi connectivity index (χ0v) is 15.3. The van der Waals surface area contributed by atoms with E-state index in [1.807, 2.05) is 0 Å². The summed E-state index contributed by atoms with van der Waals surface area (Å²) in [5.74, 6) is -0.850. The predicted molar refractivity (Wildman–Crippen MR) is 91.7 cm³/mol. The number of hydrogen-bond donors (Lipinski definition) is 1. The molecule has 1 aliphatic rings. The number of Topliss-reactive ketones (excluding diaryl/α,β-unsaturated/α-hetero) is 1. The Kier molecular flexibility index (Phi) is 5.64. The number of carbonyl (C=O) groups excluding carboxylic acids is 4. The summed E-state index contributed by atoms with van der Waals surface area (Å²) in [5.41, 5.74) is -0.0232. The van der Waals surface area contributed by atoms with Crippen LogP contribution in [0.4, 0.5) is 4.79 Å². The molecule has 8 nitrogen and oxygen atoms in total. The second-order valence-corrected chi connectivity index (χ2v) is 6.25. The Morgan fingerprint density at radius 2 is 1.96 bits per heavy atom. The molecule has 0 aliphatic carbocycles. The van der Waals surface area contributed by atoms with Gasteiger partial charge in [0.1, 0.15) is 24.4 Å². The van der Waals surface area contributed by atoms with Crippen LogP contribution in [0.25, 0.3) is 0 Å². The first kappa shape index (κ1) is 19.4. The molecule has 0 bridgehead atoms. The van der Waals surface area contributed by atoms with E-state index in [2.05, 4.69) is 5.32 Å². The number of urea groups is 1. The molecular weight excluding hydrogens is 340 g/mol. The van der Waals surface area contributed by atoms with Crippen molar-refractivity contribution in [1.82, 2.24) is 10.2 Å². The molecule has 2 rings (SSSR count). The lowest BCUT2D eigenvalue weighted by atomic mass is 9.99. The Balaban J connectivity index is 2.03. The van der Waals surface area contributed by atoms with E-state index in [0.717, 1.165) is 4.90 Å². The summed E-state index contributed by atoms with van der Waals surface area (Å²) >= 11 is 0. The van der Waals surface area contributed by atoms with E-state index in [1.165, 1.54) is 14.0 Å². The van der Waals surface area contributed by atoms with Gasteiger partial charge in [0.25, 0.3) is 5.91 Å². The SMILES string of the molecule is CC[C@@]1(C)NC(=O)N(CC(=O)OCc2cc(C(C)=O)ccc2OC)C1=O. The van der Waals surface area contributed by atoms with Crippen molar-refractivity contribution in [3.63, 3.8) is 0 Å². The molecule has 3 amide bonds. The second-order valence-electron chi connectivity index (χ2n) is 6.25. The van der Waals surface area contributed by atoms with Gasteiger partial charge in [0.2, 0.25) is 0 Å². The molecule has 1 N–H and O–H groups in total. The van der Waals surface area contributed by atoms with Gasteiger partial charge in [-0.2, -0.15) is 0 Å². The number of hydrogen-bond acceptors (Lipinski definition) is 6. The molecular formula is C18H22N2O6. The monoisotopic (exact) mass is 362 g/mol. The van der Waals surface area contributed by atoms with Crippen molar-refractivity contribution >= 4 is 23.7 Å². The smallest absolute Gasteiger partial charge is 0.326 e. The quantitative estimate of drug-likeness (QED) is 0.450. The Bertz CT molecular complexity index is 760. The summed E-state index contributed by atoms with van der Waals surface area (Å²) < 4.78 is 10.4. The van der Waals surface area contributed by atoms with Crippen LogP contribution < -0.4 is 10.1 Å². The van der Waals surface area contributed by atoms with Crippen molar-refractivity contribution in [2.45, 2.75) is 39.3 Å². The molecule has 0 unspecified atom stereocenters. The maximum absolute atomic E-state index is 12.3. The summed E-state index contributed by atoms with van der Waals surface area (Å²) in [4.78, 5) is 48.6. The number of nitrogens with one attached hydrogen (secondary N) is 1. The van der Waals surface area contributed by atoms with Gasteiger partial charge >= 0.3 is 12.0 Å². The maximum atomic E-state index is 12.3. The lowest BCUT2D eigenvalue weighted by Gasteiger charge is -2.19. The molecule has 26 heavy (non-hydrogen) atoms. The third kappa shape index (κ3) is 3.84. The molecule has 1 fully saturated rings. The van der Waals surface area contributed by atoms with Crippen LogP contribution in [0.1, 0.15) is 43.1 Å². The summed E-state index contributed by atoms with van der Waals surface area (Å²) in [5, 5.41) is 2.57. The highest BCUT2D eigenvalue weighted by Crippen LogP contribution is 2.22. The highest BCUT2D eigenvalue weighted by atomic mass is 16.5. The van der Waals surface area contributed by atoms with Crippen LogP contribution >= 0.6 is 0 Å². The Labute approximate surface area is 151 Å². The number of amides is 3. The van der Waals surface area contributed by atoms with Gasteiger partial charge in [-0.05, 0) is 38.5 Å². The molecule has 8 heteroatoms. The standard InChI is InChI=1S/C18H22N2O6/c1-5-18(3)16(23)20(17(24)19-18)9-15(22)26-10-13-8-12(11(2)21)6-7-14(13)25-4/h6-8H,5,9-10H2,1-4H3,(H,19,24)/t18-/m1/s1. The van der Waals surface area contributed by atoms with E-state index in [4.69, 9.17) is 9.47 Å². The summed E-state index contributed by atoms with van der Waals surface area (Å²) in [6.45, 7) is 4.19. The minimum atomic E-state index is -1.00. The molecule has 0 radical (unpaired) electrons. The van der Waals surface area contributed by atoms with Gasteiger partial charge in [0.05, 0.1) is 7.11 Å². The topological polar surface area (TPSA) is 102 Å². The minimum absolute atomic E-state index is 0.126. The minimum Gasteiger partial charge on any atom is -0.496 e. The van der Waals surface area contributed by atoms with Gasteiger partial charge in [0, 0.05) is 11.1 Å². The number of imide groups is 1. The number of methoxy groups -OCH3 is 1. The molecule has 0 saturated carbocycles. The first-order chi connectivity index (χ1) is 12.2. The summed E-state index contributed by atoms with van der Waals surface area (Å²) in [6, 6.07) is 4.19. The number of benzene rings is 1. The van der Waals surface area contributed by atoms with Crippen LogP contribution in [0, 0.1) is 0 Å². The molecule has 0 spiro atoms. The van der Waals surface area contributed by atoms with Crippen LogP contribution in [-0.4, -0.2) is 47.8 Å². The predicted octanol–water partition coefficient (Wildman–Crippen LogP) is 1.66. The third-order valence-electron chi connectivity index (χ3n) is 4.42. The highest BCUT2D eigenvalue weighted by Gasteiger charge is 2.47. The van der Waals surface area contributed by atoms with Crippen molar-refractivity contribution in [2.24, 2.45) is 0 Å². The van der Waals surface area contributed by atoms with Crippen molar-refractivity contribution in [2.75, 3.05) is 13.7 Å². The van der Waals surface area contributed by atoms with Gasteiger partial charge in [-0.3, -0.25) is 19.3 Å². The fraction of sp³-hybridized carbons (Fsp3) is 0.444. The third-order valence-corrected chi connectivity index (χ3v) is 4.42. The van der Waals surface area contributed by atoms with Gasteiger partial charge in [-0.1, -0.05) is 6.92 Å². The number of nitrogens with zero attached hydrogens (tertiary/aromatic N) is 1. The van der Waals surface area contributed by atoms with Crippen LogP contribution in [0.5, 0.6) is 5.75 Å². The van der Waals surface area contributed by atoms with Crippen molar-refractivity contribution in [3.8, 4) is 5.75 Å². The van der Waals surface area contributed by atoms with Crippen molar-refractivity contribution in [3.05, 3.63) is 29.3 Å². The maximum Gasteiger partial charge on any atom is 0.326 e. The van der Waals surface area contributed by atoms with E-state index in [1.54, 1.807) is 32.0 Å². The molecule has 140 valence electrons. The number of carbonyl (C=O) groups is 4. The van der Waals surface area contributed by atoms with Crippen molar-refractivity contribution < 1.29 is 28.7 Å². The number of ether oxygens (including phenoxy) is 2. The first-order valence-electron chi connectivity index (χ1n) is 8.19. The zero-order chi connectivity index (χ0) is 19.5. The van der Waals surface area contributed by atoms with Crippen LogP contribution in [0.3, 0.4) is 0 Å². The van der Waals surface area contributed by atoms with Gasteiger partial charge in [-0.25, -0.2) is 4.79 Å². The largest absolute Gasteiger partial charge is 0.496 e. The number of rotatable bonds is 7. The summed E-state index contributed by atoms with van der Waals surface area (Å²) in [7, 11) is 1.47. The van der Waals surface area contributed by atoms with E-state index in [-0.39, 0.29) is 12.4 Å². The van der Waals surface area contributed by atoms with Gasteiger partial charge in [-0.15, -0.1) is 0 Å². The lowest BCUT2D eigenvalue weighted by molar-refractivity contribution is -0.148. The van der Waals surface area contributed by atoms with E-state index < -0.39 is 30.0 Å². The van der Waals surface area contributed by atoms with Crippen LogP contribution in [-0.2, 0) is 20.9 Å². The first-order valence-corrected chi connectivity index (χ1v) is 8.19. The molecule has 0 aromatic heterocycles. The normalized spacial score (nSPS) is 19.3. The lowest BCUT2D eigenvalue weighted by Crippen LogP contribution is -2.43. The second kappa shape index (κ2) is 7.55. The Morgan fingerprint density at radius 1 is 1.27 bits per heavy atom. The van der Waals surface area contributed by atoms with E-state index >= 15 is 0 Å². The molecule has 1 aliphatic heterocycles. The number of ketones is 1. The van der Waals surface area contributed by atoms with Gasteiger partial charge in [0.15, 0.2) is 5.78 Å². The molecule has 1 saturated heterocycles. The molecule has 1 atom stereocenters. The van der Waals surface area contributed by atoms with E-state index in [0.29, 0.717) is 23.3 Å². The fourth-order valence-electron chi connectivity index (χ4n) is 2.57. The van der Waals surface area contributed by atoms with Crippen LogP contribution in [0.2, 0.25) is 0 Å². The van der Waals surface area contributed by atoms with Crippen LogP contribution in [0.15, 0.2) is 18.2 Å². The molecule has 1 heterocycles. The summed E-state index contributed by atoms with van der Waals surface area (Å²) in [6.07, 6.45) is 0.415. The van der Waals surface area contributed by atoms with Gasteiger partial charge < -0.3 is 14.8 Å². The average Bonchev–Trinajstić information content (AvgIpc) is 2.83. The average molecular weight is 362 g/mol. The molecule has 1 aromatic carbocycles. The fourth-order valence-corrected chi connectivity index (χ4v) is 2.57. The zero-order valence-electron chi connectivity index (χ0n) is 15.3. The molecule has 1 aromatic rings. The highest BCUT2D eigenvalue weighted by molar-refractivity contribution is 6.08. The Hall–Kier alpha value is -2.90. The van der Waals surface area contributed by atoms with E-state index in [9.17, 15) is 19.2 Å².